The van der Waals surface area contributed by atoms with Crippen LogP contribution in [0.3, 0.4) is 0 Å². The van der Waals surface area contributed by atoms with Crippen molar-refractivity contribution in [2.75, 3.05) is 11.1 Å². The van der Waals surface area contributed by atoms with Crippen molar-refractivity contribution in [2.45, 2.75) is 20.0 Å². The van der Waals surface area contributed by atoms with Crippen molar-refractivity contribution in [3.05, 3.63) is 58.4 Å². The predicted octanol–water partition coefficient (Wildman–Crippen LogP) is 2.83. The number of nitrogens with two attached hydrogens (primary N) is 1. The number of nitrogen functional groups attached to an aromatic ring is 1. The van der Waals surface area contributed by atoms with E-state index < -0.39 is 0 Å². The Labute approximate surface area is 148 Å². The molecule has 0 aliphatic carbocycles. The number of nitrogens with one attached hydrogen (secondary N) is 1. The highest BCUT2D eigenvalue weighted by atomic mass is 32.1. The monoisotopic (exact) mass is 351 g/mol. The number of anilines is 2. The van der Waals surface area contributed by atoms with Crippen LogP contribution in [0.4, 0.5) is 11.8 Å². The molecule has 4 rings (SSSR count). The lowest BCUT2D eigenvalue weighted by Crippen LogP contribution is -2.08. The molecule has 0 aliphatic rings. The Balaban J connectivity index is 1.68. The number of aromatic nitrogens is 5. The summed E-state index contributed by atoms with van der Waals surface area (Å²) in [6.45, 7) is 3.28. The number of pyridine rings is 1. The zero-order chi connectivity index (χ0) is 17.2. The first-order chi connectivity index (χ1) is 12.2. The van der Waals surface area contributed by atoms with Crippen LogP contribution in [0.1, 0.15) is 15.6 Å². The van der Waals surface area contributed by atoms with Gasteiger partial charge in [-0.3, -0.25) is 4.98 Å². The summed E-state index contributed by atoms with van der Waals surface area (Å²) in [5.74, 6) is 0.956. The van der Waals surface area contributed by atoms with E-state index in [9.17, 15) is 0 Å². The molecule has 0 saturated carbocycles. The minimum Gasteiger partial charge on any atom is -0.368 e. The number of thiazole rings is 1. The lowest BCUT2D eigenvalue weighted by molar-refractivity contribution is 0.805. The Morgan fingerprint density at radius 3 is 2.88 bits per heavy atom. The van der Waals surface area contributed by atoms with E-state index in [0.29, 0.717) is 18.9 Å². The summed E-state index contributed by atoms with van der Waals surface area (Å²) in [5, 5.41) is 4.35. The van der Waals surface area contributed by atoms with E-state index in [1.807, 2.05) is 43.6 Å². The molecule has 4 aromatic heterocycles. The molecular formula is C17H17N7S. The predicted molar refractivity (Wildman–Crippen MR) is 99.5 cm³/mol. The second kappa shape index (κ2) is 6.48. The van der Waals surface area contributed by atoms with E-state index in [0.717, 1.165) is 21.7 Å². The van der Waals surface area contributed by atoms with Crippen LogP contribution in [0.2, 0.25) is 0 Å². The number of fused-ring (bicyclic) bond motifs is 1. The fourth-order valence-corrected chi connectivity index (χ4v) is 3.42. The Morgan fingerprint density at radius 1 is 1.20 bits per heavy atom. The third kappa shape index (κ3) is 3.29. The van der Waals surface area contributed by atoms with Crippen molar-refractivity contribution in [1.82, 2.24) is 24.5 Å². The van der Waals surface area contributed by atoms with Gasteiger partial charge in [0.2, 0.25) is 5.95 Å². The first kappa shape index (κ1) is 15.5. The van der Waals surface area contributed by atoms with Crippen LogP contribution >= 0.6 is 11.3 Å². The molecule has 0 amide bonds. The van der Waals surface area contributed by atoms with Crippen LogP contribution < -0.4 is 11.1 Å². The highest BCUT2D eigenvalue weighted by Gasteiger charge is 2.12. The Morgan fingerprint density at radius 2 is 2.12 bits per heavy atom. The molecule has 0 radical (unpaired) electrons. The zero-order valence-corrected chi connectivity index (χ0v) is 14.5. The number of hydrogen-bond acceptors (Lipinski definition) is 7. The molecule has 8 heteroatoms. The Bertz CT molecular complexity index is 1010. The third-order valence-corrected chi connectivity index (χ3v) is 4.68. The van der Waals surface area contributed by atoms with E-state index in [4.69, 9.17) is 5.73 Å². The first-order valence-electron chi connectivity index (χ1n) is 7.86. The summed E-state index contributed by atoms with van der Waals surface area (Å²) in [6.07, 6.45) is 5.64. The number of nitrogens with zero attached hydrogens (tertiary/aromatic N) is 5. The molecule has 0 aliphatic heterocycles. The minimum atomic E-state index is 0.251. The minimum absolute atomic E-state index is 0.251. The summed E-state index contributed by atoms with van der Waals surface area (Å²) in [7, 11) is 0. The second-order valence-corrected chi connectivity index (χ2v) is 6.97. The average molecular weight is 351 g/mol. The van der Waals surface area contributed by atoms with Gasteiger partial charge < -0.3 is 15.6 Å². The molecule has 0 bridgehead atoms. The van der Waals surface area contributed by atoms with Gasteiger partial charge in [0.15, 0.2) is 5.82 Å². The maximum atomic E-state index is 5.86. The smallest absolute Gasteiger partial charge is 0.222 e. The molecule has 0 aromatic carbocycles. The van der Waals surface area contributed by atoms with Gasteiger partial charge in [-0.2, -0.15) is 4.98 Å². The molecule has 4 heterocycles. The van der Waals surface area contributed by atoms with Crippen molar-refractivity contribution in [3.63, 3.8) is 0 Å². The van der Waals surface area contributed by atoms with E-state index in [-0.39, 0.29) is 5.95 Å². The topological polar surface area (TPSA) is 94.5 Å². The number of hydrogen-bond donors (Lipinski definition) is 2. The lowest BCUT2D eigenvalue weighted by atomic mass is 10.3. The third-order valence-electron chi connectivity index (χ3n) is 3.76. The van der Waals surface area contributed by atoms with Crippen LogP contribution in [-0.2, 0) is 13.1 Å². The highest BCUT2D eigenvalue weighted by molar-refractivity contribution is 7.11. The summed E-state index contributed by atoms with van der Waals surface area (Å²) in [6, 6.07) is 7.82. The van der Waals surface area contributed by atoms with E-state index in [2.05, 4.69) is 29.8 Å². The fraction of sp³-hybridized carbons (Fsp3) is 0.176. The van der Waals surface area contributed by atoms with Gasteiger partial charge in [-0.25, -0.2) is 9.97 Å². The Hall–Kier alpha value is -3.00. The maximum absolute atomic E-state index is 5.86. The number of aryl methyl sites for hydroxylation is 1. The van der Waals surface area contributed by atoms with Crippen molar-refractivity contribution in [2.24, 2.45) is 0 Å². The zero-order valence-electron chi connectivity index (χ0n) is 13.7. The van der Waals surface area contributed by atoms with Crippen molar-refractivity contribution < 1.29 is 0 Å². The van der Waals surface area contributed by atoms with Crippen molar-refractivity contribution in [1.29, 1.82) is 0 Å². The van der Waals surface area contributed by atoms with Gasteiger partial charge in [0.1, 0.15) is 10.5 Å². The van der Waals surface area contributed by atoms with Gasteiger partial charge >= 0.3 is 0 Å². The fourth-order valence-electron chi connectivity index (χ4n) is 2.69. The van der Waals surface area contributed by atoms with Crippen LogP contribution in [0.5, 0.6) is 0 Å². The van der Waals surface area contributed by atoms with E-state index in [1.54, 1.807) is 17.5 Å². The summed E-state index contributed by atoms with van der Waals surface area (Å²) in [5.41, 5.74) is 8.55. The molecule has 0 spiro atoms. The van der Waals surface area contributed by atoms with Gasteiger partial charge in [0.25, 0.3) is 0 Å². The summed E-state index contributed by atoms with van der Waals surface area (Å²) < 4.78 is 2.08. The second-order valence-electron chi connectivity index (χ2n) is 5.65. The van der Waals surface area contributed by atoms with Gasteiger partial charge in [0, 0.05) is 23.5 Å². The summed E-state index contributed by atoms with van der Waals surface area (Å²) in [4.78, 5) is 18.7. The molecule has 4 aromatic rings. The molecule has 0 atom stereocenters. The van der Waals surface area contributed by atoms with Crippen LogP contribution in [-0.4, -0.2) is 24.5 Å². The first-order valence-corrected chi connectivity index (χ1v) is 8.68. The Kier molecular flexibility index (Phi) is 4.02. The van der Waals surface area contributed by atoms with Gasteiger partial charge in [-0.05, 0) is 25.1 Å². The molecule has 7 nitrogen and oxygen atoms in total. The van der Waals surface area contributed by atoms with Gasteiger partial charge in [-0.15, -0.1) is 11.3 Å². The molecule has 3 N–H and O–H groups in total. The van der Waals surface area contributed by atoms with Crippen molar-refractivity contribution >= 4 is 34.1 Å². The quantitative estimate of drug-likeness (QED) is 0.574. The largest absolute Gasteiger partial charge is 0.368 e. The molecule has 126 valence electrons. The van der Waals surface area contributed by atoms with Gasteiger partial charge in [-0.1, -0.05) is 6.07 Å². The van der Waals surface area contributed by atoms with E-state index >= 15 is 0 Å². The van der Waals surface area contributed by atoms with Crippen LogP contribution in [0, 0.1) is 6.92 Å². The van der Waals surface area contributed by atoms with Crippen molar-refractivity contribution in [3.8, 4) is 0 Å². The van der Waals surface area contributed by atoms with E-state index in [1.165, 1.54) is 4.88 Å². The van der Waals surface area contributed by atoms with Crippen LogP contribution in [0.15, 0.2) is 42.9 Å². The SMILES string of the molecule is Cc1cnc(CNc2nc(N)nc3ccn(Cc4ccccn4)c23)s1. The summed E-state index contributed by atoms with van der Waals surface area (Å²) >= 11 is 1.66. The molecule has 0 unspecified atom stereocenters. The lowest BCUT2D eigenvalue weighted by Gasteiger charge is -2.10. The van der Waals surface area contributed by atoms with Crippen LogP contribution in [0.25, 0.3) is 11.0 Å². The number of rotatable bonds is 5. The average Bonchev–Trinajstić information content (AvgIpc) is 3.20. The standard InChI is InChI=1S/C17H17N7S/c1-11-8-20-14(25-11)9-21-16-15-13(22-17(18)23-16)5-7-24(15)10-12-4-2-3-6-19-12/h2-8H,9-10H2,1H3,(H3,18,21,22,23). The molecule has 0 saturated heterocycles. The molecular weight excluding hydrogens is 334 g/mol. The normalized spacial score (nSPS) is 11.1. The van der Waals surface area contributed by atoms with Gasteiger partial charge in [0.05, 0.1) is 24.3 Å². The maximum Gasteiger partial charge on any atom is 0.222 e. The molecule has 25 heavy (non-hydrogen) atoms. The highest BCUT2D eigenvalue weighted by Crippen LogP contribution is 2.24. The molecule has 0 fully saturated rings.